The van der Waals surface area contributed by atoms with Crippen molar-refractivity contribution in [2.24, 2.45) is 0 Å². The fourth-order valence-electron chi connectivity index (χ4n) is 3.37. The molecule has 1 saturated heterocycles. The van der Waals surface area contributed by atoms with Crippen molar-refractivity contribution in [1.82, 2.24) is 0 Å². The Kier molecular flexibility index (Phi) is 7.95. The van der Waals surface area contributed by atoms with E-state index >= 15 is 0 Å². The van der Waals surface area contributed by atoms with Crippen LogP contribution in [0.15, 0.2) is 36.4 Å². The lowest BCUT2D eigenvalue weighted by molar-refractivity contribution is -0.277. The Hall–Kier alpha value is -3.09. The highest BCUT2D eigenvalue weighted by atomic mass is 16.7. The molecule has 11 heteroatoms. The molecule has 1 fully saturated rings. The first kappa shape index (κ1) is 24.6. The van der Waals surface area contributed by atoms with Gasteiger partial charge in [-0.05, 0) is 18.2 Å². The summed E-state index contributed by atoms with van der Waals surface area (Å²) >= 11 is 0. The van der Waals surface area contributed by atoms with Crippen molar-refractivity contribution in [1.29, 1.82) is 0 Å². The van der Waals surface area contributed by atoms with Gasteiger partial charge in [0.1, 0.15) is 48.1 Å². The summed E-state index contributed by atoms with van der Waals surface area (Å²) in [6.45, 7) is -0.869. The first-order chi connectivity index (χ1) is 15.8. The summed E-state index contributed by atoms with van der Waals surface area (Å²) in [5, 5.41) is 49.4. The average Bonchev–Trinajstić information content (AvgIpc) is 2.83. The van der Waals surface area contributed by atoms with E-state index < -0.39 is 43.3 Å². The summed E-state index contributed by atoms with van der Waals surface area (Å²) in [5.74, 6) is -0.894. The smallest absolute Gasteiger partial charge is 0.346 e. The lowest BCUT2D eigenvalue weighted by atomic mass is 9.99. The highest BCUT2D eigenvalue weighted by molar-refractivity contribution is 5.96. The monoisotopic (exact) mass is 466 g/mol. The molecule has 2 aromatic rings. The van der Waals surface area contributed by atoms with Gasteiger partial charge in [-0.1, -0.05) is 18.2 Å². The molecule has 0 aliphatic carbocycles. The lowest BCUT2D eigenvalue weighted by Gasteiger charge is -2.39. The van der Waals surface area contributed by atoms with E-state index in [1.165, 1.54) is 32.4 Å². The summed E-state index contributed by atoms with van der Waals surface area (Å²) in [5.41, 5.74) is 0.285. The topological polar surface area (TPSA) is 164 Å². The number of phenols is 1. The van der Waals surface area contributed by atoms with E-state index in [9.17, 15) is 30.3 Å². The molecular formula is C22H26O11. The number of aromatic hydroxyl groups is 1. The van der Waals surface area contributed by atoms with Gasteiger partial charge in [-0.15, -0.1) is 0 Å². The Morgan fingerprint density at radius 1 is 0.970 bits per heavy atom. The predicted molar refractivity (Wildman–Crippen MR) is 111 cm³/mol. The van der Waals surface area contributed by atoms with Crippen molar-refractivity contribution in [3.8, 4) is 23.0 Å². The van der Waals surface area contributed by atoms with Crippen molar-refractivity contribution in [3.05, 3.63) is 47.5 Å². The molecule has 33 heavy (non-hydrogen) atoms. The zero-order valence-electron chi connectivity index (χ0n) is 18.0. The molecule has 0 aromatic heterocycles. The van der Waals surface area contributed by atoms with Crippen LogP contribution in [0.3, 0.4) is 0 Å². The van der Waals surface area contributed by atoms with Gasteiger partial charge in [0.05, 0.1) is 20.8 Å². The largest absolute Gasteiger partial charge is 0.504 e. The van der Waals surface area contributed by atoms with E-state index in [-0.39, 0.29) is 35.2 Å². The molecule has 5 atom stereocenters. The lowest BCUT2D eigenvalue weighted by Crippen LogP contribution is -2.60. The number of benzene rings is 2. The van der Waals surface area contributed by atoms with E-state index in [1.807, 2.05) is 0 Å². The summed E-state index contributed by atoms with van der Waals surface area (Å²) in [6.07, 6.45) is -7.25. The number of esters is 1. The minimum atomic E-state index is -1.60. The average molecular weight is 466 g/mol. The number of phenolic OH excluding ortho intramolecular Hbond substituents is 1. The summed E-state index contributed by atoms with van der Waals surface area (Å²) in [6, 6.07) is 9.14. The maximum absolute atomic E-state index is 12.8. The fourth-order valence-corrected chi connectivity index (χ4v) is 3.37. The Balaban J connectivity index is 1.77. The number of aliphatic hydroxyl groups is 4. The van der Waals surface area contributed by atoms with Gasteiger partial charge >= 0.3 is 5.97 Å². The molecule has 2 aromatic carbocycles. The van der Waals surface area contributed by atoms with E-state index in [0.717, 1.165) is 0 Å². The molecule has 0 radical (unpaired) electrons. The van der Waals surface area contributed by atoms with Gasteiger partial charge < -0.3 is 49.2 Å². The van der Waals surface area contributed by atoms with E-state index in [0.29, 0.717) is 5.56 Å². The number of carbonyl (C=O) groups is 1. The van der Waals surface area contributed by atoms with Crippen LogP contribution >= 0.6 is 0 Å². The van der Waals surface area contributed by atoms with Gasteiger partial charge in [0.25, 0.3) is 0 Å². The van der Waals surface area contributed by atoms with Crippen LogP contribution in [0, 0.1) is 0 Å². The molecule has 0 saturated carbocycles. The van der Waals surface area contributed by atoms with Gasteiger partial charge in [0.2, 0.25) is 6.29 Å². The molecule has 1 aliphatic rings. The predicted octanol–water partition coefficient (Wildman–Crippen LogP) is -0.0549. The highest BCUT2D eigenvalue weighted by Crippen LogP contribution is 2.37. The Morgan fingerprint density at radius 2 is 1.70 bits per heavy atom. The molecule has 11 nitrogen and oxygen atoms in total. The van der Waals surface area contributed by atoms with Crippen molar-refractivity contribution in [2.45, 2.75) is 37.3 Å². The van der Waals surface area contributed by atoms with Crippen LogP contribution < -0.4 is 14.2 Å². The van der Waals surface area contributed by atoms with Gasteiger partial charge in [0.15, 0.2) is 11.5 Å². The first-order valence-corrected chi connectivity index (χ1v) is 9.98. The van der Waals surface area contributed by atoms with E-state index in [1.54, 1.807) is 18.2 Å². The van der Waals surface area contributed by atoms with Crippen molar-refractivity contribution < 1.29 is 54.0 Å². The van der Waals surface area contributed by atoms with Gasteiger partial charge in [0, 0.05) is 5.56 Å². The third-order valence-electron chi connectivity index (χ3n) is 5.15. The van der Waals surface area contributed by atoms with Crippen LogP contribution in [0.1, 0.15) is 15.9 Å². The van der Waals surface area contributed by atoms with Crippen LogP contribution in [0.4, 0.5) is 0 Å². The third kappa shape index (κ3) is 5.13. The van der Waals surface area contributed by atoms with Gasteiger partial charge in [-0.25, -0.2) is 4.79 Å². The SMILES string of the molecule is COc1ccc(O)c(OC)c1C(=O)OCc1ccccc1OC1OC(CO)C(O)C(O)C1O. The zero-order chi connectivity index (χ0) is 24.1. The highest BCUT2D eigenvalue weighted by Gasteiger charge is 2.44. The third-order valence-corrected chi connectivity index (χ3v) is 5.15. The van der Waals surface area contributed by atoms with Crippen LogP contribution in [-0.4, -0.2) is 83.0 Å². The first-order valence-electron chi connectivity index (χ1n) is 9.98. The zero-order valence-corrected chi connectivity index (χ0v) is 18.0. The summed E-state index contributed by atoms with van der Waals surface area (Å²) < 4.78 is 26.7. The number of hydrogen-bond donors (Lipinski definition) is 5. The molecule has 1 heterocycles. The standard InChI is InChI=1S/C22H26O11/c1-29-14-8-7-12(24)20(30-2)16(14)21(28)31-10-11-5-3-4-6-13(11)32-22-19(27)18(26)17(25)15(9-23)33-22/h3-8,15,17-19,22-27H,9-10H2,1-2H3. The molecule has 0 bridgehead atoms. The number of aliphatic hydroxyl groups excluding tert-OH is 4. The van der Waals surface area contributed by atoms with Crippen LogP contribution in [0.25, 0.3) is 0 Å². The molecule has 5 N–H and O–H groups in total. The molecule has 0 amide bonds. The normalized spacial score (nSPS) is 24.7. The molecule has 180 valence electrons. The fraction of sp³-hybridized carbons (Fsp3) is 0.409. The summed E-state index contributed by atoms with van der Waals surface area (Å²) in [4.78, 5) is 12.8. The van der Waals surface area contributed by atoms with Gasteiger partial charge in [-0.3, -0.25) is 0 Å². The second-order valence-electron chi connectivity index (χ2n) is 7.19. The number of ether oxygens (including phenoxy) is 5. The number of para-hydroxylation sites is 1. The van der Waals surface area contributed by atoms with Gasteiger partial charge in [-0.2, -0.15) is 0 Å². The molecule has 1 aliphatic heterocycles. The van der Waals surface area contributed by atoms with Crippen LogP contribution in [-0.2, 0) is 16.1 Å². The van der Waals surface area contributed by atoms with Crippen molar-refractivity contribution >= 4 is 5.97 Å². The summed E-state index contributed by atoms with van der Waals surface area (Å²) in [7, 11) is 2.64. The quantitative estimate of drug-likeness (QED) is 0.331. The maximum atomic E-state index is 12.8. The molecule has 0 spiro atoms. The van der Waals surface area contributed by atoms with Crippen LogP contribution in [0.2, 0.25) is 0 Å². The molecular weight excluding hydrogens is 440 g/mol. The Bertz CT molecular complexity index is 961. The van der Waals surface area contributed by atoms with Crippen LogP contribution in [0.5, 0.6) is 23.0 Å². The maximum Gasteiger partial charge on any atom is 0.346 e. The number of carbonyl (C=O) groups excluding carboxylic acids is 1. The number of rotatable bonds is 8. The number of hydrogen-bond acceptors (Lipinski definition) is 11. The minimum absolute atomic E-state index is 0.104. The molecule has 5 unspecified atom stereocenters. The van der Waals surface area contributed by atoms with E-state index in [4.69, 9.17) is 23.7 Å². The Morgan fingerprint density at radius 3 is 2.36 bits per heavy atom. The molecule has 3 rings (SSSR count). The second-order valence-corrected chi connectivity index (χ2v) is 7.19. The second kappa shape index (κ2) is 10.7. The van der Waals surface area contributed by atoms with Crippen molar-refractivity contribution in [2.75, 3.05) is 20.8 Å². The van der Waals surface area contributed by atoms with Crippen molar-refractivity contribution in [3.63, 3.8) is 0 Å². The Labute approximate surface area is 189 Å². The number of methoxy groups -OCH3 is 2. The minimum Gasteiger partial charge on any atom is -0.504 e. The van der Waals surface area contributed by atoms with E-state index in [2.05, 4.69) is 0 Å².